The van der Waals surface area contributed by atoms with Gasteiger partial charge in [0.2, 0.25) is 0 Å². The van der Waals surface area contributed by atoms with E-state index in [1.165, 1.54) is 22.3 Å². The van der Waals surface area contributed by atoms with Gasteiger partial charge in [-0.25, -0.2) is 0 Å². The van der Waals surface area contributed by atoms with Crippen LogP contribution in [-0.2, 0) is 0 Å². The molecule has 0 aliphatic rings. The van der Waals surface area contributed by atoms with Crippen LogP contribution in [0.2, 0.25) is 0 Å². The molecule has 0 spiro atoms. The van der Waals surface area contributed by atoms with Crippen LogP contribution in [0.3, 0.4) is 0 Å². The summed E-state index contributed by atoms with van der Waals surface area (Å²) in [5.74, 6) is 0. The van der Waals surface area contributed by atoms with Gasteiger partial charge in [-0.15, -0.1) is 0 Å². The smallest absolute Gasteiger partial charge is 0 e. The van der Waals surface area contributed by atoms with E-state index in [-0.39, 0.29) is 37.7 Å². The third-order valence-electron chi connectivity index (χ3n) is 2.11. The van der Waals surface area contributed by atoms with Crippen molar-refractivity contribution in [1.82, 2.24) is 0 Å². The summed E-state index contributed by atoms with van der Waals surface area (Å²) in [5.41, 5.74) is 5.57. The van der Waals surface area contributed by atoms with E-state index < -0.39 is 0 Å². The molecule has 0 heterocycles. The molecule has 0 N–H and O–H groups in total. The topological polar surface area (TPSA) is 0 Å². The maximum absolute atomic E-state index is 2.24. The van der Waals surface area contributed by atoms with Crippen molar-refractivity contribution in [2.75, 3.05) is 0 Å². The van der Waals surface area contributed by atoms with E-state index in [1.807, 2.05) is 0 Å². The summed E-state index contributed by atoms with van der Waals surface area (Å²) in [7, 11) is 0. The van der Waals surface area contributed by atoms with Gasteiger partial charge < -0.3 is 0 Å². The second kappa shape index (κ2) is 4.49. The molecule has 1 aromatic rings. The van der Waals surface area contributed by atoms with Gasteiger partial charge in [-0.2, -0.15) is 0 Å². The predicted octanol–water partition coefficient (Wildman–Crippen LogP) is 2.92. The summed E-state index contributed by atoms with van der Waals surface area (Å²) in [6.07, 6.45) is 0. The molecule has 0 aliphatic carbocycles. The fourth-order valence-corrected chi connectivity index (χ4v) is 1.10. The van der Waals surface area contributed by atoms with Crippen molar-refractivity contribution >= 4 is 0 Å². The molecule has 0 nitrogen and oxygen atoms in total. The van der Waals surface area contributed by atoms with Gasteiger partial charge in [0.1, 0.15) is 0 Å². The minimum atomic E-state index is 0. The second-order valence-corrected chi connectivity index (χ2v) is 3.02. The monoisotopic (exact) mass is 174 g/mol. The van der Waals surface area contributed by atoms with Gasteiger partial charge >= 0.3 is 0 Å². The predicted molar refractivity (Wildman–Crippen MR) is 45.4 cm³/mol. The molecule has 0 aromatic heterocycles. The molecular weight excluding hydrogens is 160 g/mol. The number of rotatable bonds is 0. The largest absolute Gasteiger partial charge is 0.0559 e. The zero-order valence-corrected chi connectivity index (χ0v) is 8.22. The molecule has 0 fully saturated rings. The first kappa shape index (κ1) is 11.5. The van der Waals surface area contributed by atoms with Gasteiger partial charge in [-0.05, 0) is 49.9 Å². The van der Waals surface area contributed by atoms with Crippen LogP contribution >= 0.6 is 0 Å². The van der Waals surface area contributed by atoms with Crippen molar-refractivity contribution in [2.45, 2.75) is 27.7 Å². The summed E-state index contributed by atoms with van der Waals surface area (Å²) in [4.78, 5) is 0. The van der Waals surface area contributed by atoms with Crippen molar-refractivity contribution < 1.29 is 37.7 Å². The normalized spacial score (nSPS) is 9.09. The molecule has 0 aliphatic heterocycles. The first-order valence-electron chi connectivity index (χ1n) is 3.65. The quantitative estimate of drug-likeness (QED) is 0.567. The zero-order valence-electron chi connectivity index (χ0n) is 7.51. The average molecular weight is 174 g/mol. The maximum atomic E-state index is 2.24. The Bertz CT molecular complexity index is 201. The minimum Gasteiger partial charge on any atom is -0.0559 e. The van der Waals surface area contributed by atoms with Gasteiger partial charge in [-0.3, -0.25) is 0 Å². The fourth-order valence-electron chi connectivity index (χ4n) is 1.10. The Balaban J connectivity index is 0.000001000. The van der Waals surface area contributed by atoms with E-state index >= 15 is 0 Å². The van der Waals surface area contributed by atoms with Gasteiger partial charge in [0.15, 0.2) is 0 Å². The number of hydrogen-bond donors (Lipinski definition) is 0. The SMILES string of the molecule is Cc1cc(C)c(C)cc1C.[Ar]. The fraction of sp³-hybridized carbons (Fsp3) is 0.400. The molecule has 1 rings (SSSR count). The van der Waals surface area contributed by atoms with Crippen LogP contribution in [-0.4, -0.2) is 0 Å². The molecular formula is C10H14Ar. The Hall–Kier alpha value is 0.480. The molecule has 0 bridgehead atoms. The molecule has 1 aromatic carbocycles. The van der Waals surface area contributed by atoms with Gasteiger partial charge in [0.25, 0.3) is 0 Å². The number of aryl methyl sites for hydroxylation is 4. The van der Waals surface area contributed by atoms with E-state index in [9.17, 15) is 0 Å². The van der Waals surface area contributed by atoms with E-state index in [1.54, 1.807) is 0 Å². The van der Waals surface area contributed by atoms with Gasteiger partial charge in [-0.1, -0.05) is 12.1 Å². The van der Waals surface area contributed by atoms with Gasteiger partial charge in [0, 0.05) is 37.7 Å². The van der Waals surface area contributed by atoms with Crippen LogP contribution in [0, 0.1) is 65.4 Å². The Morgan fingerprint density at radius 2 is 0.818 bits per heavy atom. The second-order valence-electron chi connectivity index (χ2n) is 3.02. The summed E-state index contributed by atoms with van der Waals surface area (Å²) in [6, 6.07) is 4.48. The first-order valence-corrected chi connectivity index (χ1v) is 3.65. The summed E-state index contributed by atoms with van der Waals surface area (Å²) < 4.78 is 0. The van der Waals surface area contributed by atoms with Crippen molar-refractivity contribution in [2.24, 2.45) is 0 Å². The maximum Gasteiger partial charge on any atom is 0 e. The zero-order chi connectivity index (χ0) is 7.72. The summed E-state index contributed by atoms with van der Waals surface area (Å²) >= 11 is 0. The first-order chi connectivity index (χ1) is 4.61. The van der Waals surface area contributed by atoms with Crippen molar-refractivity contribution in [3.63, 3.8) is 0 Å². The molecule has 0 atom stereocenters. The minimum absolute atomic E-state index is 0. The molecule has 0 radical (unpaired) electrons. The third-order valence-corrected chi connectivity index (χ3v) is 2.11. The average Bonchev–Trinajstić information content (AvgIpc) is 1.84. The Morgan fingerprint density at radius 3 is 1.00 bits per heavy atom. The van der Waals surface area contributed by atoms with Crippen LogP contribution in [0.4, 0.5) is 0 Å². The van der Waals surface area contributed by atoms with Gasteiger partial charge in [0.05, 0.1) is 0 Å². The third kappa shape index (κ3) is 2.77. The number of benzene rings is 1. The summed E-state index contributed by atoms with van der Waals surface area (Å²) in [5, 5.41) is 0. The molecule has 0 amide bonds. The molecule has 1 heteroatoms. The van der Waals surface area contributed by atoms with Crippen LogP contribution in [0.1, 0.15) is 22.3 Å². The molecule has 11 heavy (non-hydrogen) atoms. The van der Waals surface area contributed by atoms with Crippen molar-refractivity contribution in [3.05, 3.63) is 34.4 Å². The van der Waals surface area contributed by atoms with Crippen LogP contribution in [0.15, 0.2) is 12.1 Å². The standard InChI is InChI=1S/C10H14.Ar/c1-7-5-9(3)10(4)6-8(7)2;/h5-6H,1-4H3;. The van der Waals surface area contributed by atoms with E-state index in [0.29, 0.717) is 0 Å². The molecule has 0 saturated heterocycles. The number of hydrogen-bond acceptors (Lipinski definition) is 0. The van der Waals surface area contributed by atoms with E-state index in [0.717, 1.165) is 0 Å². The summed E-state index contributed by atoms with van der Waals surface area (Å²) in [6.45, 7) is 8.62. The van der Waals surface area contributed by atoms with E-state index in [4.69, 9.17) is 0 Å². The Kier molecular flexibility index (Phi) is 4.69. The van der Waals surface area contributed by atoms with E-state index in [2.05, 4.69) is 39.8 Å². The van der Waals surface area contributed by atoms with Crippen LogP contribution < -0.4 is 0 Å². The van der Waals surface area contributed by atoms with Crippen LogP contribution in [0.5, 0.6) is 0 Å². The Morgan fingerprint density at radius 1 is 0.636 bits per heavy atom. The van der Waals surface area contributed by atoms with Crippen molar-refractivity contribution in [1.29, 1.82) is 0 Å². The van der Waals surface area contributed by atoms with Crippen molar-refractivity contribution in [3.8, 4) is 0 Å². The molecule has 0 unspecified atom stereocenters. The molecule has 0 saturated carbocycles. The van der Waals surface area contributed by atoms with Crippen LogP contribution in [0.25, 0.3) is 0 Å². The molecule has 62 valence electrons. The Labute approximate surface area is 99.0 Å².